The molecule has 0 radical (unpaired) electrons. The van der Waals surface area contributed by atoms with E-state index in [1.807, 2.05) is 0 Å². The molecule has 0 spiro atoms. The quantitative estimate of drug-likeness (QED) is 0.661. The standard InChI is InChI=1S/C7H4ClF3O/c8-4-1-7(12-3-9)6(11)2-5(4)10/h1-2H,3H2. The van der Waals surface area contributed by atoms with E-state index in [2.05, 4.69) is 4.74 Å². The summed E-state index contributed by atoms with van der Waals surface area (Å²) in [6.45, 7) is -1.18. The highest BCUT2D eigenvalue weighted by Gasteiger charge is 2.08. The Kier molecular flexibility index (Phi) is 2.81. The maximum atomic E-state index is 12.6. The summed E-state index contributed by atoms with van der Waals surface area (Å²) in [6.07, 6.45) is 0. The Hall–Kier alpha value is -0.900. The molecule has 0 N–H and O–H groups in total. The van der Waals surface area contributed by atoms with Gasteiger partial charge in [0.15, 0.2) is 11.6 Å². The van der Waals surface area contributed by atoms with Gasteiger partial charge in [0.1, 0.15) is 5.82 Å². The Bertz CT molecular complexity index is 290. The lowest BCUT2D eigenvalue weighted by molar-refractivity contribution is 0.184. The lowest BCUT2D eigenvalue weighted by Gasteiger charge is -2.03. The van der Waals surface area contributed by atoms with Gasteiger partial charge < -0.3 is 4.74 Å². The highest BCUT2D eigenvalue weighted by molar-refractivity contribution is 6.30. The topological polar surface area (TPSA) is 9.23 Å². The third-order valence-corrected chi connectivity index (χ3v) is 1.47. The molecule has 1 aromatic rings. The smallest absolute Gasteiger partial charge is 0.228 e. The average molecular weight is 197 g/mol. The van der Waals surface area contributed by atoms with Gasteiger partial charge in [-0.1, -0.05) is 11.6 Å². The molecule has 0 aliphatic carbocycles. The van der Waals surface area contributed by atoms with E-state index >= 15 is 0 Å². The van der Waals surface area contributed by atoms with Crippen molar-refractivity contribution in [3.05, 3.63) is 28.8 Å². The van der Waals surface area contributed by atoms with E-state index in [-0.39, 0.29) is 5.02 Å². The Labute approximate surface area is 71.7 Å². The summed E-state index contributed by atoms with van der Waals surface area (Å²) >= 11 is 5.28. The van der Waals surface area contributed by atoms with Crippen LogP contribution in [0.25, 0.3) is 0 Å². The van der Waals surface area contributed by atoms with Crippen molar-refractivity contribution in [2.75, 3.05) is 6.86 Å². The highest BCUT2D eigenvalue weighted by Crippen LogP contribution is 2.24. The molecule has 0 aromatic heterocycles. The molecule has 1 nitrogen and oxygen atoms in total. The van der Waals surface area contributed by atoms with Crippen molar-refractivity contribution in [3.8, 4) is 5.75 Å². The molecule has 0 aliphatic heterocycles. The van der Waals surface area contributed by atoms with Crippen LogP contribution >= 0.6 is 11.6 Å². The maximum absolute atomic E-state index is 12.6. The summed E-state index contributed by atoms with van der Waals surface area (Å²) in [7, 11) is 0. The van der Waals surface area contributed by atoms with Crippen LogP contribution < -0.4 is 4.74 Å². The fraction of sp³-hybridized carbons (Fsp3) is 0.143. The number of hydrogen-bond donors (Lipinski definition) is 0. The third kappa shape index (κ3) is 1.82. The largest absolute Gasteiger partial charge is 0.460 e. The second-order valence-corrected chi connectivity index (χ2v) is 2.36. The molecule has 12 heavy (non-hydrogen) atoms. The third-order valence-electron chi connectivity index (χ3n) is 1.18. The van der Waals surface area contributed by atoms with Crippen molar-refractivity contribution in [1.29, 1.82) is 0 Å². The first-order valence-electron chi connectivity index (χ1n) is 2.98. The van der Waals surface area contributed by atoms with Crippen LogP contribution in [0.15, 0.2) is 12.1 Å². The van der Waals surface area contributed by atoms with Crippen LogP contribution in [-0.4, -0.2) is 6.86 Å². The van der Waals surface area contributed by atoms with Gasteiger partial charge in [-0.2, -0.15) is 0 Å². The maximum Gasteiger partial charge on any atom is 0.228 e. The normalized spacial score (nSPS) is 10.0. The van der Waals surface area contributed by atoms with Gasteiger partial charge in [0.2, 0.25) is 6.86 Å². The SMILES string of the molecule is FCOc1cc(Cl)c(F)cc1F. The van der Waals surface area contributed by atoms with E-state index < -0.39 is 24.2 Å². The molecule has 1 aromatic carbocycles. The van der Waals surface area contributed by atoms with Gasteiger partial charge in [-0.25, -0.2) is 13.2 Å². The molecular formula is C7H4ClF3O. The predicted octanol–water partition coefficient (Wildman–Crippen LogP) is 2.92. The number of ether oxygens (including phenoxy) is 1. The molecule has 5 heteroatoms. The van der Waals surface area contributed by atoms with Crippen molar-refractivity contribution in [2.24, 2.45) is 0 Å². The average Bonchev–Trinajstić information content (AvgIpc) is 2.01. The van der Waals surface area contributed by atoms with Crippen LogP contribution in [0, 0.1) is 11.6 Å². The number of hydrogen-bond acceptors (Lipinski definition) is 1. The molecule has 66 valence electrons. The summed E-state index contributed by atoms with van der Waals surface area (Å²) in [6, 6.07) is 1.42. The van der Waals surface area contributed by atoms with Crippen LogP contribution in [0.5, 0.6) is 5.75 Å². The minimum atomic E-state index is -1.18. The lowest BCUT2D eigenvalue weighted by atomic mass is 10.3. The van der Waals surface area contributed by atoms with E-state index in [1.165, 1.54) is 0 Å². The Morgan fingerprint density at radius 2 is 1.92 bits per heavy atom. The first-order chi connectivity index (χ1) is 5.65. The van der Waals surface area contributed by atoms with Gasteiger partial charge in [-0.3, -0.25) is 0 Å². The first-order valence-corrected chi connectivity index (χ1v) is 3.36. The molecule has 1 rings (SSSR count). The zero-order chi connectivity index (χ0) is 9.14. The molecule has 0 unspecified atom stereocenters. The molecular weight excluding hydrogens is 193 g/mol. The van der Waals surface area contributed by atoms with Crippen molar-refractivity contribution in [2.45, 2.75) is 0 Å². The monoisotopic (exact) mass is 196 g/mol. The van der Waals surface area contributed by atoms with E-state index in [0.29, 0.717) is 6.07 Å². The van der Waals surface area contributed by atoms with Crippen molar-refractivity contribution < 1.29 is 17.9 Å². The van der Waals surface area contributed by atoms with Gasteiger partial charge >= 0.3 is 0 Å². The minimum Gasteiger partial charge on any atom is -0.460 e. The van der Waals surface area contributed by atoms with Crippen molar-refractivity contribution in [3.63, 3.8) is 0 Å². The Morgan fingerprint density at radius 1 is 1.25 bits per heavy atom. The van der Waals surface area contributed by atoms with E-state index in [1.54, 1.807) is 0 Å². The summed E-state index contributed by atoms with van der Waals surface area (Å²) in [4.78, 5) is 0. The van der Waals surface area contributed by atoms with Gasteiger partial charge in [-0.05, 0) is 0 Å². The van der Waals surface area contributed by atoms with Gasteiger partial charge in [0.25, 0.3) is 0 Å². The van der Waals surface area contributed by atoms with E-state index in [0.717, 1.165) is 6.07 Å². The minimum absolute atomic E-state index is 0.306. The summed E-state index contributed by atoms with van der Waals surface area (Å²) < 4.78 is 40.9. The summed E-state index contributed by atoms with van der Waals surface area (Å²) in [5.41, 5.74) is 0. The molecule has 0 heterocycles. The zero-order valence-corrected chi connectivity index (χ0v) is 6.54. The number of rotatable bonds is 2. The Morgan fingerprint density at radius 3 is 2.50 bits per heavy atom. The molecule has 0 saturated heterocycles. The van der Waals surface area contributed by atoms with Crippen molar-refractivity contribution >= 4 is 11.6 Å². The first kappa shape index (κ1) is 9.19. The fourth-order valence-corrected chi connectivity index (χ4v) is 0.827. The molecule has 0 bridgehead atoms. The van der Waals surface area contributed by atoms with Crippen molar-refractivity contribution in [1.82, 2.24) is 0 Å². The van der Waals surface area contributed by atoms with E-state index in [4.69, 9.17) is 11.6 Å². The van der Waals surface area contributed by atoms with Gasteiger partial charge in [0.05, 0.1) is 5.02 Å². The van der Waals surface area contributed by atoms with Crippen LogP contribution in [0.4, 0.5) is 13.2 Å². The van der Waals surface area contributed by atoms with Gasteiger partial charge in [-0.15, -0.1) is 0 Å². The molecule has 0 amide bonds. The van der Waals surface area contributed by atoms with Gasteiger partial charge in [0, 0.05) is 12.1 Å². The van der Waals surface area contributed by atoms with Crippen LogP contribution in [-0.2, 0) is 0 Å². The number of alkyl halides is 1. The van der Waals surface area contributed by atoms with Crippen LogP contribution in [0.2, 0.25) is 5.02 Å². The second kappa shape index (κ2) is 3.67. The second-order valence-electron chi connectivity index (χ2n) is 1.95. The van der Waals surface area contributed by atoms with Crippen LogP contribution in [0.3, 0.4) is 0 Å². The molecule has 0 aliphatic rings. The predicted molar refractivity (Wildman–Crippen MR) is 38.0 cm³/mol. The zero-order valence-electron chi connectivity index (χ0n) is 5.78. The molecule has 0 atom stereocenters. The lowest BCUT2D eigenvalue weighted by Crippen LogP contribution is -1.94. The summed E-state index contributed by atoms with van der Waals surface area (Å²) in [5.74, 6) is -2.28. The molecule has 0 fully saturated rings. The fourth-order valence-electron chi connectivity index (χ4n) is 0.674. The number of halogens is 4. The Balaban J connectivity index is 3.05. The molecule has 0 saturated carbocycles. The summed E-state index contributed by atoms with van der Waals surface area (Å²) in [5, 5.41) is -0.306. The van der Waals surface area contributed by atoms with Crippen LogP contribution in [0.1, 0.15) is 0 Å². The van der Waals surface area contributed by atoms with E-state index in [9.17, 15) is 13.2 Å². The highest BCUT2D eigenvalue weighted by atomic mass is 35.5. The number of benzene rings is 1.